The zero-order valence-electron chi connectivity index (χ0n) is 7.38. The van der Waals surface area contributed by atoms with Crippen LogP contribution in [0.5, 0.6) is 0 Å². The molecular formula is C8H6F3N3O. The van der Waals surface area contributed by atoms with Crippen molar-refractivity contribution in [2.75, 3.05) is 0 Å². The summed E-state index contributed by atoms with van der Waals surface area (Å²) in [5.74, 6) is 0.363. The molecule has 0 bridgehead atoms. The highest BCUT2D eigenvalue weighted by Crippen LogP contribution is 2.30. The number of hydrogen-bond acceptors (Lipinski definition) is 3. The van der Waals surface area contributed by atoms with Gasteiger partial charge in [0.2, 0.25) is 0 Å². The third-order valence-corrected chi connectivity index (χ3v) is 1.86. The minimum Gasteiger partial charge on any atom is -0.361 e. The summed E-state index contributed by atoms with van der Waals surface area (Å²) in [6.07, 6.45) is -1.90. The van der Waals surface area contributed by atoms with E-state index in [9.17, 15) is 13.2 Å². The minimum absolute atomic E-state index is 0.0192. The molecule has 0 fully saturated rings. The van der Waals surface area contributed by atoms with Crippen molar-refractivity contribution in [3.63, 3.8) is 0 Å². The molecular weight excluding hydrogens is 211 g/mol. The largest absolute Gasteiger partial charge is 0.433 e. The maximum atomic E-state index is 12.4. The van der Waals surface area contributed by atoms with Gasteiger partial charge in [0, 0.05) is 18.1 Å². The second-order valence-electron chi connectivity index (χ2n) is 2.92. The van der Waals surface area contributed by atoms with Crippen LogP contribution in [0.4, 0.5) is 13.2 Å². The van der Waals surface area contributed by atoms with E-state index >= 15 is 0 Å². The lowest BCUT2D eigenvalue weighted by Gasteiger charge is -2.04. The standard InChI is InChI=1S/C8H6F3N3O/c9-8(10,11)7-5(4-12-14-7)3-6-1-2-13-15-6/h1-2,4H,3H2,(H,12,14). The maximum absolute atomic E-state index is 12.4. The first-order valence-electron chi connectivity index (χ1n) is 4.06. The molecule has 0 radical (unpaired) electrons. The molecule has 0 aliphatic heterocycles. The molecule has 0 aliphatic rings. The fraction of sp³-hybridized carbons (Fsp3) is 0.250. The summed E-state index contributed by atoms with van der Waals surface area (Å²) in [6, 6.07) is 1.51. The van der Waals surface area contributed by atoms with Gasteiger partial charge in [0.05, 0.1) is 12.4 Å². The van der Waals surface area contributed by atoms with Crippen molar-refractivity contribution in [1.82, 2.24) is 15.4 Å². The molecule has 2 aromatic rings. The first kappa shape index (κ1) is 9.75. The molecule has 2 heterocycles. The van der Waals surface area contributed by atoms with Gasteiger partial charge in [-0.05, 0) is 0 Å². The number of aromatic amines is 1. The van der Waals surface area contributed by atoms with Gasteiger partial charge in [-0.2, -0.15) is 18.3 Å². The number of alkyl halides is 3. The molecule has 0 saturated carbocycles. The van der Waals surface area contributed by atoms with Crippen LogP contribution in [-0.4, -0.2) is 15.4 Å². The van der Waals surface area contributed by atoms with Gasteiger partial charge >= 0.3 is 6.18 Å². The van der Waals surface area contributed by atoms with Crippen molar-refractivity contribution in [2.45, 2.75) is 12.6 Å². The van der Waals surface area contributed by atoms with Crippen LogP contribution in [0.2, 0.25) is 0 Å². The van der Waals surface area contributed by atoms with Crippen LogP contribution in [-0.2, 0) is 12.6 Å². The Kier molecular flexibility index (Phi) is 2.22. The highest BCUT2D eigenvalue weighted by atomic mass is 19.4. The molecule has 0 amide bonds. The molecule has 0 aromatic carbocycles. The third kappa shape index (κ3) is 2.00. The molecule has 15 heavy (non-hydrogen) atoms. The van der Waals surface area contributed by atoms with Gasteiger partial charge in [-0.25, -0.2) is 0 Å². The average molecular weight is 217 g/mol. The highest BCUT2D eigenvalue weighted by molar-refractivity contribution is 5.23. The number of H-pyrrole nitrogens is 1. The molecule has 2 aromatic heterocycles. The fourth-order valence-electron chi connectivity index (χ4n) is 1.21. The van der Waals surface area contributed by atoms with Crippen molar-refractivity contribution in [1.29, 1.82) is 0 Å². The number of nitrogens with zero attached hydrogens (tertiary/aromatic N) is 2. The summed E-state index contributed by atoms with van der Waals surface area (Å²) in [4.78, 5) is 0. The van der Waals surface area contributed by atoms with E-state index in [1.165, 1.54) is 12.3 Å². The van der Waals surface area contributed by atoms with Gasteiger partial charge in [-0.3, -0.25) is 5.10 Å². The molecule has 4 nitrogen and oxygen atoms in total. The summed E-state index contributed by atoms with van der Waals surface area (Å²) in [7, 11) is 0. The molecule has 0 aliphatic carbocycles. The average Bonchev–Trinajstić information content (AvgIpc) is 2.73. The number of rotatable bonds is 2. The Labute approximate surface area is 82.1 Å². The molecule has 80 valence electrons. The smallest absolute Gasteiger partial charge is 0.361 e. The predicted molar refractivity (Wildman–Crippen MR) is 42.9 cm³/mol. The van der Waals surface area contributed by atoms with Crippen LogP contribution in [0.25, 0.3) is 0 Å². The summed E-state index contributed by atoms with van der Waals surface area (Å²) in [5.41, 5.74) is -0.807. The van der Waals surface area contributed by atoms with Crippen molar-refractivity contribution in [3.8, 4) is 0 Å². The van der Waals surface area contributed by atoms with Crippen LogP contribution in [0.3, 0.4) is 0 Å². The van der Waals surface area contributed by atoms with Crippen LogP contribution in [0, 0.1) is 0 Å². The van der Waals surface area contributed by atoms with Gasteiger partial charge in [0.15, 0.2) is 0 Å². The molecule has 0 unspecified atom stereocenters. The highest BCUT2D eigenvalue weighted by Gasteiger charge is 2.35. The van der Waals surface area contributed by atoms with Gasteiger partial charge in [-0.15, -0.1) is 0 Å². The van der Waals surface area contributed by atoms with E-state index in [0.717, 1.165) is 6.20 Å². The Balaban J connectivity index is 2.26. The normalized spacial score (nSPS) is 11.9. The topological polar surface area (TPSA) is 54.7 Å². The second-order valence-corrected chi connectivity index (χ2v) is 2.92. The van der Waals surface area contributed by atoms with Gasteiger partial charge in [0.1, 0.15) is 11.5 Å². The molecule has 0 saturated heterocycles. The predicted octanol–water partition coefficient (Wildman–Crippen LogP) is 2.01. The lowest BCUT2D eigenvalue weighted by atomic mass is 10.1. The molecule has 1 N–H and O–H groups in total. The number of hydrogen-bond donors (Lipinski definition) is 1. The van der Waals surface area contributed by atoms with E-state index in [1.807, 2.05) is 5.10 Å². The van der Waals surface area contributed by atoms with E-state index < -0.39 is 11.9 Å². The summed E-state index contributed by atoms with van der Waals surface area (Å²) >= 11 is 0. The Morgan fingerprint density at radius 2 is 2.20 bits per heavy atom. The Morgan fingerprint density at radius 3 is 2.80 bits per heavy atom. The van der Waals surface area contributed by atoms with E-state index in [1.54, 1.807) is 0 Å². The minimum atomic E-state index is -4.42. The number of aromatic nitrogens is 3. The van der Waals surface area contributed by atoms with Crippen LogP contribution in [0.1, 0.15) is 17.0 Å². The second kappa shape index (κ2) is 3.41. The SMILES string of the molecule is FC(F)(F)c1[nH]ncc1Cc1ccno1. The van der Waals surface area contributed by atoms with Gasteiger partial charge in [0.25, 0.3) is 0 Å². The monoisotopic (exact) mass is 217 g/mol. The third-order valence-electron chi connectivity index (χ3n) is 1.86. The van der Waals surface area contributed by atoms with Crippen LogP contribution in [0.15, 0.2) is 23.0 Å². The maximum Gasteiger partial charge on any atom is 0.433 e. The first-order valence-corrected chi connectivity index (χ1v) is 4.06. The Bertz CT molecular complexity index is 432. The summed E-state index contributed by atoms with van der Waals surface area (Å²) in [6.45, 7) is 0. The molecule has 7 heteroatoms. The lowest BCUT2D eigenvalue weighted by Crippen LogP contribution is -2.09. The quantitative estimate of drug-likeness (QED) is 0.837. The van der Waals surface area contributed by atoms with Gasteiger partial charge in [-0.1, -0.05) is 5.16 Å². The van der Waals surface area contributed by atoms with E-state index in [2.05, 4.69) is 10.3 Å². The molecule has 2 rings (SSSR count). The van der Waals surface area contributed by atoms with Crippen molar-refractivity contribution < 1.29 is 17.7 Å². The molecule has 0 atom stereocenters. The van der Waals surface area contributed by atoms with Crippen molar-refractivity contribution in [2.24, 2.45) is 0 Å². The lowest BCUT2D eigenvalue weighted by molar-refractivity contribution is -0.141. The summed E-state index contributed by atoms with van der Waals surface area (Å²) < 4.78 is 41.9. The van der Waals surface area contributed by atoms with Crippen molar-refractivity contribution in [3.05, 3.63) is 35.5 Å². The Hall–Kier alpha value is -1.79. The van der Waals surface area contributed by atoms with E-state index in [0.29, 0.717) is 5.76 Å². The number of nitrogens with one attached hydrogen (secondary N) is 1. The number of halogens is 3. The first-order chi connectivity index (χ1) is 7.07. The van der Waals surface area contributed by atoms with E-state index in [4.69, 9.17) is 4.52 Å². The molecule has 0 spiro atoms. The zero-order valence-corrected chi connectivity index (χ0v) is 7.38. The van der Waals surface area contributed by atoms with E-state index in [-0.39, 0.29) is 12.0 Å². The van der Waals surface area contributed by atoms with Crippen LogP contribution < -0.4 is 0 Å². The van der Waals surface area contributed by atoms with Crippen LogP contribution >= 0.6 is 0 Å². The fourth-order valence-corrected chi connectivity index (χ4v) is 1.21. The summed E-state index contributed by atoms with van der Waals surface area (Å²) in [5, 5.41) is 8.69. The zero-order chi connectivity index (χ0) is 10.9. The van der Waals surface area contributed by atoms with Gasteiger partial charge < -0.3 is 4.52 Å². The Morgan fingerprint density at radius 1 is 1.40 bits per heavy atom. The van der Waals surface area contributed by atoms with Crippen molar-refractivity contribution >= 4 is 0 Å².